The second kappa shape index (κ2) is 5.78. The number of H-pyrrole nitrogens is 1. The van der Waals surface area contributed by atoms with Gasteiger partial charge in [-0.15, -0.1) is 0 Å². The van der Waals surface area contributed by atoms with Crippen LogP contribution in [0.4, 0.5) is 5.82 Å². The molecule has 0 saturated carbocycles. The van der Waals surface area contributed by atoms with Crippen LogP contribution in [-0.2, 0) is 33.4 Å². The van der Waals surface area contributed by atoms with Gasteiger partial charge in [-0.2, -0.15) is 5.10 Å². The van der Waals surface area contributed by atoms with Crippen molar-refractivity contribution in [1.82, 2.24) is 30.4 Å². The van der Waals surface area contributed by atoms with Crippen LogP contribution in [0.25, 0.3) is 11.0 Å². The molecule has 22 heavy (non-hydrogen) atoms. The summed E-state index contributed by atoms with van der Waals surface area (Å²) < 4.78 is 0. The van der Waals surface area contributed by atoms with Crippen molar-refractivity contribution in [3.8, 4) is 0 Å². The van der Waals surface area contributed by atoms with E-state index in [1.165, 1.54) is 11.3 Å². The molecule has 0 aromatic carbocycles. The zero-order valence-electron chi connectivity index (χ0n) is 12.5. The van der Waals surface area contributed by atoms with Crippen molar-refractivity contribution >= 4 is 16.9 Å². The maximum absolute atomic E-state index is 4.63. The molecule has 0 atom stereocenters. The van der Waals surface area contributed by atoms with Crippen LogP contribution in [0, 0.1) is 13.8 Å². The molecule has 0 spiro atoms. The third-order valence-electron chi connectivity index (χ3n) is 4.01. The molecule has 0 saturated heterocycles. The molecule has 1 aliphatic rings. The summed E-state index contributed by atoms with van der Waals surface area (Å²) >= 11 is 0. The second-order valence-electron chi connectivity index (χ2n) is 5.48. The molecule has 3 aromatic heterocycles. The van der Waals surface area contributed by atoms with E-state index in [-0.39, 0.29) is 20.4 Å². The molecule has 0 unspecified atom stereocenters. The summed E-state index contributed by atoms with van der Waals surface area (Å²) in [6, 6.07) is 0. The van der Waals surface area contributed by atoms with E-state index in [0.717, 1.165) is 48.7 Å². The molecule has 7 nitrogen and oxygen atoms in total. The number of rotatable bonds is 1. The Morgan fingerprint density at radius 3 is 3.00 bits per heavy atom. The van der Waals surface area contributed by atoms with Crippen LogP contribution in [0.2, 0.25) is 0 Å². The summed E-state index contributed by atoms with van der Waals surface area (Å²) in [4.78, 5) is 11.3. The first kappa shape index (κ1) is 15.1. The Balaban J connectivity index is 0.00000144. The Hall–Kier alpha value is -1.78. The quantitative estimate of drug-likeness (QED) is 0.579. The Kier molecular flexibility index (Phi) is 3.98. The first-order chi connectivity index (χ1) is 10.2. The van der Waals surface area contributed by atoms with Gasteiger partial charge in [0.1, 0.15) is 5.82 Å². The summed E-state index contributed by atoms with van der Waals surface area (Å²) in [6.07, 6.45) is 3.81. The fraction of sp³-hybridized carbons (Fsp3) is 0.429. The molecule has 1 radical (unpaired) electrons. The molecule has 0 fully saturated rings. The molecule has 1 N–H and O–H groups in total. The normalized spacial score (nSPS) is 14.5. The SMILES string of the molecule is Cc1nc(N2CCCc3n[nH]c(C)c3C2)c2cn[n-]c2n1.[Re]. The van der Waals surface area contributed by atoms with Crippen LogP contribution < -0.4 is 10.00 Å². The van der Waals surface area contributed by atoms with Gasteiger partial charge < -0.3 is 15.0 Å². The third kappa shape index (κ3) is 2.42. The number of aryl methyl sites for hydroxylation is 3. The molecular formula is C14H16N7Re-. The van der Waals surface area contributed by atoms with Crippen molar-refractivity contribution in [1.29, 1.82) is 0 Å². The number of nitrogens with one attached hydrogen (secondary N) is 1. The number of hydrogen-bond donors (Lipinski definition) is 1. The van der Waals surface area contributed by atoms with E-state index in [4.69, 9.17) is 0 Å². The number of fused-ring (bicyclic) bond motifs is 2. The van der Waals surface area contributed by atoms with Crippen LogP contribution in [0.15, 0.2) is 6.20 Å². The average molecular weight is 469 g/mol. The van der Waals surface area contributed by atoms with Crippen molar-refractivity contribution < 1.29 is 20.4 Å². The zero-order valence-corrected chi connectivity index (χ0v) is 15.2. The summed E-state index contributed by atoms with van der Waals surface area (Å²) in [5.41, 5.74) is 4.27. The molecule has 115 valence electrons. The second-order valence-corrected chi connectivity index (χ2v) is 5.48. The van der Waals surface area contributed by atoms with E-state index in [0.29, 0.717) is 5.65 Å². The predicted octanol–water partition coefficient (Wildman–Crippen LogP) is 1.27. The Bertz CT molecular complexity index is 807. The van der Waals surface area contributed by atoms with Crippen molar-refractivity contribution in [2.45, 2.75) is 33.2 Å². The van der Waals surface area contributed by atoms with Crippen molar-refractivity contribution in [2.24, 2.45) is 0 Å². The number of hydrogen-bond acceptors (Lipinski definition) is 5. The Labute approximate surface area is 141 Å². The maximum Gasteiger partial charge on any atom is 0.137 e. The van der Waals surface area contributed by atoms with Crippen LogP contribution in [-0.4, -0.2) is 31.8 Å². The zero-order chi connectivity index (χ0) is 14.4. The fourth-order valence-electron chi connectivity index (χ4n) is 2.93. The van der Waals surface area contributed by atoms with Gasteiger partial charge in [-0.05, 0) is 32.3 Å². The molecule has 4 rings (SSSR count). The molecule has 0 aliphatic carbocycles. The minimum Gasteiger partial charge on any atom is -0.422 e. The van der Waals surface area contributed by atoms with Crippen molar-refractivity contribution in [3.63, 3.8) is 0 Å². The van der Waals surface area contributed by atoms with Crippen molar-refractivity contribution in [3.05, 3.63) is 29.0 Å². The fourth-order valence-corrected chi connectivity index (χ4v) is 2.93. The summed E-state index contributed by atoms with van der Waals surface area (Å²) in [7, 11) is 0. The van der Waals surface area contributed by atoms with Crippen LogP contribution in [0.3, 0.4) is 0 Å². The number of nitrogens with zero attached hydrogens (tertiary/aromatic N) is 6. The largest absolute Gasteiger partial charge is 0.422 e. The molecule has 8 heteroatoms. The molecular weight excluding hydrogens is 452 g/mol. The van der Waals surface area contributed by atoms with Gasteiger partial charge in [-0.25, -0.2) is 4.98 Å². The van der Waals surface area contributed by atoms with Gasteiger partial charge in [0.2, 0.25) is 0 Å². The van der Waals surface area contributed by atoms with Crippen LogP contribution in [0.1, 0.15) is 29.2 Å². The predicted molar refractivity (Wildman–Crippen MR) is 78.1 cm³/mol. The van der Waals surface area contributed by atoms with Crippen molar-refractivity contribution in [2.75, 3.05) is 11.4 Å². The number of anilines is 1. The monoisotopic (exact) mass is 469 g/mol. The number of aromatic nitrogens is 6. The Morgan fingerprint density at radius 1 is 1.27 bits per heavy atom. The van der Waals surface area contributed by atoms with E-state index < -0.39 is 0 Å². The standard InChI is InChI=1S/C14H16N7.Re/c1-8-11-7-21(5-3-4-12(11)19-18-8)14-10-6-15-20-13(10)16-9(2)17-14;/h6H,3-5,7H2,1-2H3,(H-,15,16,17,18,19,20);/q-1;. The van der Waals surface area contributed by atoms with Gasteiger partial charge in [-0.3, -0.25) is 10.2 Å². The molecule has 4 heterocycles. The maximum atomic E-state index is 4.63. The van der Waals surface area contributed by atoms with Gasteiger partial charge in [-0.1, -0.05) is 0 Å². The van der Waals surface area contributed by atoms with Gasteiger partial charge in [0.25, 0.3) is 0 Å². The van der Waals surface area contributed by atoms with Crippen LogP contribution >= 0.6 is 0 Å². The van der Waals surface area contributed by atoms with Gasteiger partial charge in [0.05, 0.1) is 5.69 Å². The molecule has 0 amide bonds. The minimum absolute atomic E-state index is 0. The molecule has 3 aromatic rings. The van der Waals surface area contributed by atoms with E-state index in [2.05, 4.69) is 42.2 Å². The summed E-state index contributed by atoms with van der Waals surface area (Å²) in [5, 5.41) is 16.5. The smallest absolute Gasteiger partial charge is 0.137 e. The first-order valence-electron chi connectivity index (χ1n) is 7.13. The van der Waals surface area contributed by atoms with E-state index in [1.807, 2.05) is 6.92 Å². The summed E-state index contributed by atoms with van der Waals surface area (Å²) in [5.74, 6) is 1.65. The van der Waals surface area contributed by atoms with Gasteiger partial charge in [0.15, 0.2) is 0 Å². The van der Waals surface area contributed by atoms with E-state index in [9.17, 15) is 0 Å². The van der Waals surface area contributed by atoms with Gasteiger partial charge >= 0.3 is 0 Å². The minimum atomic E-state index is 0. The van der Waals surface area contributed by atoms with E-state index in [1.54, 1.807) is 6.20 Å². The molecule has 1 aliphatic heterocycles. The third-order valence-corrected chi connectivity index (χ3v) is 4.01. The van der Waals surface area contributed by atoms with E-state index >= 15 is 0 Å². The topological polar surface area (TPSA) is 84.7 Å². The first-order valence-corrected chi connectivity index (χ1v) is 7.13. The summed E-state index contributed by atoms with van der Waals surface area (Å²) in [6.45, 7) is 5.73. The molecule has 0 bridgehead atoms. The van der Waals surface area contributed by atoms with Crippen LogP contribution in [0.5, 0.6) is 0 Å². The Morgan fingerprint density at radius 2 is 2.14 bits per heavy atom. The van der Waals surface area contributed by atoms with Gasteiger partial charge in [0, 0.05) is 62.2 Å². The average Bonchev–Trinajstić information content (AvgIpc) is 2.99. The number of aromatic amines is 1.